The van der Waals surface area contributed by atoms with Crippen LogP contribution in [0.3, 0.4) is 0 Å². The van der Waals surface area contributed by atoms with Gasteiger partial charge in [-0.1, -0.05) is 233 Å². The van der Waals surface area contributed by atoms with E-state index in [-0.39, 0.29) is 25.2 Å². The number of carbonyl (C=O) groups excluding carboxylic acids is 2. The van der Waals surface area contributed by atoms with Gasteiger partial charge in [-0.15, -0.1) is 0 Å². The van der Waals surface area contributed by atoms with Gasteiger partial charge in [0.15, 0.2) is 0 Å². The fourth-order valence-corrected chi connectivity index (χ4v) is 7.27. The molecule has 0 saturated heterocycles. The normalized spacial score (nSPS) is 13.1. The monoisotopic (exact) mass is 915 g/mol. The fraction of sp³-hybridized carbons (Fsp3) is 0.672. The molecule has 0 N–H and O–H groups in total. The summed E-state index contributed by atoms with van der Waals surface area (Å²) >= 11 is 0. The molecule has 0 radical (unpaired) electrons. The molecule has 0 aliphatic carbocycles. The van der Waals surface area contributed by atoms with Crippen LogP contribution in [0.25, 0.3) is 0 Å². The smallest absolute Gasteiger partial charge is 0.305 e. The van der Waals surface area contributed by atoms with Gasteiger partial charge >= 0.3 is 11.9 Å². The van der Waals surface area contributed by atoms with Crippen molar-refractivity contribution in [3.05, 3.63) is 109 Å². The van der Waals surface area contributed by atoms with Gasteiger partial charge < -0.3 is 14.2 Å². The molecule has 376 valence electrons. The number of hydrogen-bond acceptors (Lipinski definition) is 5. The summed E-state index contributed by atoms with van der Waals surface area (Å²) in [6, 6.07) is 0. The van der Waals surface area contributed by atoms with E-state index in [1.54, 1.807) is 0 Å². The van der Waals surface area contributed by atoms with Crippen LogP contribution in [0.1, 0.15) is 239 Å². The highest BCUT2D eigenvalue weighted by Crippen LogP contribution is 2.15. The standard InChI is InChI=1S/C61H102O5/c1-4-7-10-13-16-19-22-25-28-30-31-32-34-37-40-43-46-49-52-55-61(63)66-58-59(64-56-53-50-47-44-41-38-35-29-26-23-20-17-14-11-8-5-2)57-65-60(62)54-51-48-45-42-39-36-33-27-24-21-18-15-12-9-6-3/h7,9-10,12,16,18-19,21,25,27-28,31-33,37,39-40,42,59H,4-6,8,11,13-15,17,20,22-24,26,29-30,34-36,38,41,43-58H2,1-3H3/b10-7-,12-9-,19-16-,21-18-,28-25-,32-31-,33-27-,40-37-,42-39-/t59-/m0/s1. The fourth-order valence-electron chi connectivity index (χ4n) is 7.27. The summed E-state index contributed by atoms with van der Waals surface area (Å²) in [5, 5.41) is 0. The molecule has 0 heterocycles. The van der Waals surface area contributed by atoms with Crippen molar-refractivity contribution in [3.8, 4) is 0 Å². The van der Waals surface area contributed by atoms with Crippen LogP contribution in [-0.4, -0.2) is 37.9 Å². The van der Waals surface area contributed by atoms with Crippen molar-refractivity contribution in [2.75, 3.05) is 19.8 Å². The summed E-state index contributed by atoms with van der Waals surface area (Å²) in [7, 11) is 0. The third kappa shape index (κ3) is 53.2. The van der Waals surface area contributed by atoms with Gasteiger partial charge in [0.25, 0.3) is 0 Å². The van der Waals surface area contributed by atoms with Crippen molar-refractivity contribution in [3.63, 3.8) is 0 Å². The first-order chi connectivity index (χ1) is 32.6. The van der Waals surface area contributed by atoms with Gasteiger partial charge in [0, 0.05) is 19.4 Å². The second-order valence-corrected chi connectivity index (χ2v) is 17.7. The van der Waals surface area contributed by atoms with Crippen molar-refractivity contribution in [1.29, 1.82) is 0 Å². The predicted molar refractivity (Wildman–Crippen MR) is 288 cm³/mol. The molecule has 66 heavy (non-hydrogen) atoms. The topological polar surface area (TPSA) is 61.8 Å². The lowest BCUT2D eigenvalue weighted by molar-refractivity contribution is -0.155. The molecule has 0 spiro atoms. The zero-order valence-corrected chi connectivity index (χ0v) is 43.2. The molecular formula is C61H102O5. The van der Waals surface area contributed by atoms with E-state index in [2.05, 4.69) is 130 Å². The summed E-state index contributed by atoms with van der Waals surface area (Å²) in [5.74, 6) is -0.418. The first kappa shape index (κ1) is 62.6. The maximum absolute atomic E-state index is 12.6. The highest BCUT2D eigenvalue weighted by Gasteiger charge is 2.16. The second-order valence-electron chi connectivity index (χ2n) is 17.7. The SMILES string of the molecule is CC/C=C\C/C=C\C/C=C\C/C=C\C/C=C\CCCCCC(=O)OC[C@H](COC(=O)CCCC/C=C\C/C=C\C/C=C\C/C=C\CC)OCCCCCCCCCCCCCCCCCC. The van der Waals surface area contributed by atoms with E-state index in [0.29, 0.717) is 19.4 Å². The Balaban J connectivity index is 4.39. The third-order valence-electron chi connectivity index (χ3n) is 11.3. The first-order valence-electron chi connectivity index (χ1n) is 27.4. The van der Waals surface area contributed by atoms with Gasteiger partial charge in [0.1, 0.15) is 19.3 Å². The van der Waals surface area contributed by atoms with E-state index >= 15 is 0 Å². The average Bonchev–Trinajstić information content (AvgIpc) is 3.32. The number of carbonyl (C=O) groups is 2. The van der Waals surface area contributed by atoms with Crippen molar-refractivity contribution in [2.45, 2.75) is 245 Å². The quantitative estimate of drug-likeness (QED) is 0.0346. The Morgan fingerprint density at radius 3 is 0.985 bits per heavy atom. The number of ether oxygens (including phenoxy) is 3. The van der Waals surface area contributed by atoms with Crippen molar-refractivity contribution in [2.24, 2.45) is 0 Å². The lowest BCUT2D eigenvalue weighted by atomic mass is 10.0. The van der Waals surface area contributed by atoms with Crippen LogP contribution in [0.4, 0.5) is 0 Å². The van der Waals surface area contributed by atoms with E-state index in [9.17, 15) is 9.59 Å². The van der Waals surface area contributed by atoms with E-state index in [0.717, 1.165) is 116 Å². The summed E-state index contributed by atoms with van der Waals surface area (Å²) < 4.78 is 17.4. The van der Waals surface area contributed by atoms with E-state index < -0.39 is 6.10 Å². The summed E-state index contributed by atoms with van der Waals surface area (Å²) in [4.78, 5) is 25.3. The number of esters is 2. The molecule has 0 unspecified atom stereocenters. The number of hydrogen-bond donors (Lipinski definition) is 0. The van der Waals surface area contributed by atoms with Gasteiger partial charge in [0.2, 0.25) is 0 Å². The van der Waals surface area contributed by atoms with E-state index in [1.807, 2.05) is 0 Å². The Morgan fingerprint density at radius 2 is 0.621 bits per heavy atom. The number of allylic oxidation sites excluding steroid dienone is 18. The molecule has 0 rings (SSSR count). The van der Waals surface area contributed by atoms with E-state index in [4.69, 9.17) is 14.2 Å². The Hall–Kier alpha value is -3.44. The van der Waals surface area contributed by atoms with Crippen LogP contribution in [0.2, 0.25) is 0 Å². The number of rotatable bonds is 49. The summed E-state index contributed by atoms with van der Waals surface area (Å²) in [6.45, 7) is 7.42. The molecule has 0 aromatic carbocycles. The minimum atomic E-state index is -0.436. The molecule has 0 amide bonds. The molecule has 0 aromatic rings. The molecule has 5 heteroatoms. The molecule has 0 bridgehead atoms. The van der Waals surface area contributed by atoms with Crippen LogP contribution >= 0.6 is 0 Å². The van der Waals surface area contributed by atoms with Gasteiger partial charge in [0.05, 0.1) is 0 Å². The highest BCUT2D eigenvalue weighted by molar-refractivity contribution is 5.69. The summed E-state index contributed by atoms with van der Waals surface area (Å²) in [6.07, 6.45) is 77.0. The van der Waals surface area contributed by atoms with E-state index in [1.165, 1.54) is 89.9 Å². The average molecular weight is 915 g/mol. The molecule has 0 fully saturated rings. The van der Waals surface area contributed by atoms with Crippen LogP contribution < -0.4 is 0 Å². The van der Waals surface area contributed by atoms with Crippen LogP contribution in [0.5, 0.6) is 0 Å². The third-order valence-corrected chi connectivity index (χ3v) is 11.3. The minimum absolute atomic E-state index is 0.120. The molecule has 5 nitrogen and oxygen atoms in total. The molecule has 0 aliphatic heterocycles. The second kappa shape index (κ2) is 55.9. The van der Waals surface area contributed by atoms with Gasteiger partial charge in [-0.25, -0.2) is 0 Å². The first-order valence-corrected chi connectivity index (χ1v) is 27.4. The van der Waals surface area contributed by atoms with Gasteiger partial charge in [-0.3, -0.25) is 9.59 Å². The van der Waals surface area contributed by atoms with Crippen LogP contribution in [0, 0.1) is 0 Å². The van der Waals surface area contributed by atoms with Crippen LogP contribution in [-0.2, 0) is 23.8 Å². The molecule has 0 aliphatic rings. The summed E-state index contributed by atoms with van der Waals surface area (Å²) in [5.41, 5.74) is 0. The highest BCUT2D eigenvalue weighted by atomic mass is 16.6. The zero-order valence-electron chi connectivity index (χ0n) is 43.2. The van der Waals surface area contributed by atoms with Gasteiger partial charge in [-0.05, 0) is 103 Å². The Morgan fingerprint density at radius 1 is 0.333 bits per heavy atom. The van der Waals surface area contributed by atoms with Crippen molar-refractivity contribution < 1.29 is 23.8 Å². The minimum Gasteiger partial charge on any atom is -0.463 e. The lowest BCUT2D eigenvalue weighted by Crippen LogP contribution is -2.29. The van der Waals surface area contributed by atoms with Crippen molar-refractivity contribution >= 4 is 11.9 Å². The maximum Gasteiger partial charge on any atom is 0.305 e. The Kier molecular flexibility index (Phi) is 53.0. The molecule has 0 aromatic heterocycles. The largest absolute Gasteiger partial charge is 0.463 e. The van der Waals surface area contributed by atoms with Gasteiger partial charge in [-0.2, -0.15) is 0 Å². The maximum atomic E-state index is 12.6. The Labute approximate surface area is 408 Å². The molecular weight excluding hydrogens is 813 g/mol. The number of unbranched alkanes of at least 4 members (excludes halogenated alkanes) is 20. The lowest BCUT2D eigenvalue weighted by Gasteiger charge is -2.18. The predicted octanol–water partition coefficient (Wildman–Crippen LogP) is 18.8. The zero-order chi connectivity index (χ0) is 47.7. The van der Waals surface area contributed by atoms with Crippen molar-refractivity contribution in [1.82, 2.24) is 0 Å². The van der Waals surface area contributed by atoms with Crippen LogP contribution in [0.15, 0.2) is 109 Å². The molecule has 0 saturated carbocycles. The Bertz CT molecular complexity index is 1310. The molecule has 1 atom stereocenters.